The van der Waals surface area contributed by atoms with Gasteiger partial charge in [-0.2, -0.15) is 18.2 Å². The lowest BCUT2D eigenvalue weighted by Gasteiger charge is -2.08. The largest absolute Gasteiger partial charge is 0.416 e. The van der Waals surface area contributed by atoms with E-state index in [1.807, 2.05) is 0 Å². The summed E-state index contributed by atoms with van der Waals surface area (Å²) in [5, 5.41) is 19.0. The Morgan fingerprint density at radius 2 is 2.10 bits per heavy atom. The molecule has 0 saturated heterocycles. The van der Waals surface area contributed by atoms with E-state index in [2.05, 4.69) is 20.5 Å². The van der Waals surface area contributed by atoms with Crippen molar-refractivity contribution < 1.29 is 18.3 Å². The van der Waals surface area contributed by atoms with Crippen LogP contribution in [0.4, 0.5) is 24.8 Å². The summed E-state index contributed by atoms with van der Waals surface area (Å²) in [5.74, 6) is 0.648. The molecule has 1 atom stereocenters. The first kappa shape index (κ1) is 13.9. The van der Waals surface area contributed by atoms with E-state index in [0.29, 0.717) is 5.82 Å². The number of halogens is 3. The van der Waals surface area contributed by atoms with Crippen molar-refractivity contribution in [2.45, 2.75) is 25.1 Å². The molecule has 3 N–H and O–H groups in total. The first-order valence-electron chi connectivity index (χ1n) is 6.48. The Labute approximate surface area is 118 Å². The van der Waals surface area contributed by atoms with Gasteiger partial charge in [0.1, 0.15) is 6.10 Å². The number of nitrogens with one attached hydrogen (secondary N) is 2. The van der Waals surface area contributed by atoms with Crippen molar-refractivity contribution in [1.82, 2.24) is 15.2 Å². The van der Waals surface area contributed by atoms with Crippen molar-refractivity contribution in [1.29, 1.82) is 0 Å². The van der Waals surface area contributed by atoms with Gasteiger partial charge in [-0.3, -0.25) is 5.10 Å². The molecule has 0 amide bonds. The molecular formula is C13H13F3N4O. The number of hydrogen-bond acceptors (Lipinski definition) is 4. The van der Waals surface area contributed by atoms with Crippen LogP contribution in [0.5, 0.6) is 0 Å². The first-order chi connectivity index (χ1) is 9.93. The Kier molecular flexibility index (Phi) is 3.32. The number of anilines is 2. The van der Waals surface area contributed by atoms with E-state index in [1.54, 1.807) is 0 Å². The number of aliphatic hydroxyl groups excluding tert-OH is 1. The van der Waals surface area contributed by atoms with Crippen LogP contribution in [-0.2, 0) is 6.18 Å². The average Bonchev–Trinajstić information content (AvgIpc) is 3.18. The highest BCUT2D eigenvalue weighted by atomic mass is 19.4. The molecule has 1 aromatic heterocycles. The van der Waals surface area contributed by atoms with E-state index in [1.165, 1.54) is 12.1 Å². The summed E-state index contributed by atoms with van der Waals surface area (Å²) in [4.78, 5) is 4.05. The van der Waals surface area contributed by atoms with Crippen LogP contribution >= 0.6 is 0 Å². The monoisotopic (exact) mass is 298 g/mol. The number of H-pyrrole nitrogens is 1. The summed E-state index contributed by atoms with van der Waals surface area (Å²) in [7, 11) is 0. The van der Waals surface area contributed by atoms with Gasteiger partial charge in [-0.05, 0) is 37.0 Å². The van der Waals surface area contributed by atoms with Crippen molar-refractivity contribution in [2.24, 2.45) is 5.92 Å². The van der Waals surface area contributed by atoms with Crippen LogP contribution in [0.1, 0.15) is 30.3 Å². The van der Waals surface area contributed by atoms with Gasteiger partial charge in [0.15, 0.2) is 5.82 Å². The lowest BCUT2D eigenvalue weighted by Crippen LogP contribution is -2.05. The molecular weight excluding hydrogens is 285 g/mol. The molecule has 1 aromatic carbocycles. The van der Waals surface area contributed by atoms with E-state index in [9.17, 15) is 18.3 Å². The molecule has 0 aliphatic heterocycles. The van der Waals surface area contributed by atoms with E-state index >= 15 is 0 Å². The molecule has 1 saturated carbocycles. The molecule has 3 rings (SSSR count). The highest BCUT2D eigenvalue weighted by Gasteiger charge is 2.33. The lowest BCUT2D eigenvalue weighted by molar-refractivity contribution is -0.137. The fraction of sp³-hybridized carbons (Fsp3) is 0.385. The molecule has 1 heterocycles. The SMILES string of the molecule is OC(c1nc(Nc2cccc(C(F)(F)F)c2)n[nH]1)C1CC1. The Bertz CT molecular complexity index is 636. The molecule has 21 heavy (non-hydrogen) atoms. The van der Waals surface area contributed by atoms with Gasteiger partial charge in [0, 0.05) is 5.69 Å². The number of rotatable bonds is 4. The van der Waals surface area contributed by atoms with Gasteiger partial charge in [0.25, 0.3) is 0 Å². The van der Waals surface area contributed by atoms with E-state index in [4.69, 9.17) is 0 Å². The van der Waals surface area contributed by atoms with E-state index < -0.39 is 17.8 Å². The quantitative estimate of drug-likeness (QED) is 0.811. The van der Waals surface area contributed by atoms with Crippen molar-refractivity contribution >= 4 is 11.6 Å². The van der Waals surface area contributed by atoms with Gasteiger partial charge in [-0.1, -0.05) is 6.07 Å². The summed E-state index contributed by atoms with van der Waals surface area (Å²) >= 11 is 0. The Hall–Kier alpha value is -2.09. The fourth-order valence-corrected chi connectivity index (χ4v) is 2.00. The van der Waals surface area contributed by atoms with Gasteiger partial charge in [-0.15, -0.1) is 5.10 Å². The molecule has 5 nitrogen and oxygen atoms in total. The number of aromatic nitrogens is 3. The Morgan fingerprint density at radius 1 is 1.33 bits per heavy atom. The average molecular weight is 298 g/mol. The van der Waals surface area contributed by atoms with Crippen LogP contribution in [0.2, 0.25) is 0 Å². The minimum atomic E-state index is -4.40. The smallest absolute Gasteiger partial charge is 0.385 e. The standard InChI is InChI=1S/C13H13F3N4O/c14-13(15,16)8-2-1-3-9(6-8)17-12-18-11(19-20-12)10(21)7-4-5-7/h1-3,6-7,10,21H,4-5H2,(H2,17,18,19,20). The maximum Gasteiger partial charge on any atom is 0.416 e. The molecule has 1 aliphatic carbocycles. The fourth-order valence-electron chi connectivity index (χ4n) is 2.00. The molecule has 2 aromatic rings. The molecule has 0 radical (unpaired) electrons. The van der Waals surface area contributed by atoms with Crippen molar-refractivity contribution in [3.05, 3.63) is 35.7 Å². The minimum absolute atomic E-state index is 0.129. The second-order valence-corrected chi connectivity index (χ2v) is 5.03. The number of nitrogens with zero attached hydrogens (tertiary/aromatic N) is 2. The predicted molar refractivity (Wildman–Crippen MR) is 68.8 cm³/mol. The maximum atomic E-state index is 12.6. The third-order valence-electron chi connectivity index (χ3n) is 3.30. The highest BCUT2D eigenvalue weighted by Crippen LogP contribution is 2.39. The number of alkyl halides is 3. The normalized spacial score (nSPS) is 16.8. The topological polar surface area (TPSA) is 73.8 Å². The van der Waals surface area contributed by atoms with Gasteiger partial charge >= 0.3 is 6.18 Å². The van der Waals surface area contributed by atoms with E-state index in [-0.39, 0.29) is 17.6 Å². The molecule has 8 heteroatoms. The second kappa shape index (κ2) is 5.03. The summed E-state index contributed by atoms with van der Waals surface area (Å²) in [6, 6.07) is 4.76. The van der Waals surface area contributed by atoms with Crippen LogP contribution in [-0.4, -0.2) is 20.3 Å². The second-order valence-electron chi connectivity index (χ2n) is 5.03. The van der Waals surface area contributed by atoms with Crippen molar-refractivity contribution in [3.8, 4) is 0 Å². The Morgan fingerprint density at radius 3 is 2.76 bits per heavy atom. The third-order valence-corrected chi connectivity index (χ3v) is 3.30. The number of aliphatic hydroxyl groups is 1. The zero-order valence-corrected chi connectivity index (χ0v) is 10.9. The summed E-state index contributed by atoms with van der Waals surface area (Å²) in [5.41, 5.74) is -0.516. The third kappa shape index (κ3) is 3.15. The van der Waals surface area contributed by atoms with Gasteiger partial charge in [0.05, 0.1) is 5.56 Å². The van der Waals surface area contributed by atoms with Gasteiger partial charge < -0.3 is 10.4 Å². The van der Waals surface area contributed by atoms with Gasteiger partial charge in [-0.25, -0.2) is 0 Å². The summed E-state index contributed by atoms with van der Waals surface area (Å²) in [6.07, 6.45) is -3.21. The number of benzene rings is 1. The molecule has 112 valence electrons. The predicted octanol–water partition coefficient (Wildman–Crippen LogP) is 3.01. The van der Waals surface area contributed by atoms with Gasteiger partial charge in [0.2, 0.25) is 5.95 Å². The summed E-state index contributed by atoms with van der Waals surface area (Å²) < 4.78 is 37.8. The number of hydrogen-bond donors (Lipinski definition) is 3. The molecule has 1 aliphatic rings. The number of aromatic amines is 1. The highest BCUT2D eigenvalue weighted by molar-refractivity contribution is 5.54. The zero-order valence-electron chi connectivity index (χ0n) is 10.9. The van der Waals surface area contributed by atoms with Crippen LogP contribution in [0.3, 0.4) is 0 Å². The molecule has 1 unspecified atom stereocenters. The summed E-state index contributed by atoms with van der Waals surface area (Å²) in [6.45, 7) is 0. The molecule has 0 spiro atoms. The van der Waals surface area contributed by atoms with Crippen LogP contribution < -0.4 is 5.32 Å². The lowest BCUT2D eigenvalue weighted by atomic mass is 10.2. The van der Waals surface area contributed by atoms with Crippen LogP contribution in [0, 0.1) is 5.92 Å². The van der Waals surface area contributed by atoms with Crippen LogP contribution in [0.25, 0.3) is 0 Å². The maximum absolute atomic E-state index is 12.6. The van der Waals surface area contributed by atoms with Crippen LogP contribution in [0.15, 0.2) is 24.3 Å². The van der Waals surface area contributed by atoms with Crippen molar-refractivity contribution in [3.63, 3.8) is 0 Å². The minimum Gasteiger partial charge on any atom is -0.385 e. The van der Waals surface area contributed by atoms with Crippen molar-refractivity contribution in [2.75, 3.05) is 5.32 Å². The first-order valence-corrected chi connectivity index (χ1v) is 6.48. The molecule has 1 fully saturated rings. The zero-order chi connectivity index (χ0) is 15.0. The Balaban J connectivity index is 1.74. The molecule has 0 bridgehead atoms. The van der Waals surface area contributed by atoms with E-state index in [0.717, 1.165) is 25.0 Å².